The van der Waals surface area contributed by atoms with Crippen LogP contribution in [0.15, 0.2) is 73.1 Å². The van der Waals surface area contributed by atoms with E-state index in [4.69, 9.17) is 27.3 Å². The van der Waals surface area contributed by atoms with Gasteiger partial charge in [-0.3, -0.25) is 4.98 Å². The highest BCUT2D eigenvalue weighted by atomic mass is 35.5. The molecule has 194 valence electrons. The van der Waals surface area contributed by atoms with E-state index >= 15 is 0 Å². The van der Waals surface area contributed by atoms with Gasteiger partial charge in [-0.1, -0.05) is 48.0 Å². The third kappa shape index (κ3) is 5.36. The number of hydrogen-bond donors (Lipinski definition) is 2. The van der Waals surface area contributed by atoms with Crippen molar-refractivity contribution in [3.63, 3.8) is 0 Å². The van der Waals surface area contributed by atoms with Gasteiger partial charge in [0.1, 0.15) is 5.82 Å². The second-order valence-electron chi connectivity index (χ2n) is 8.83. The zero-order valence-electron chi connectivity index (χ0n) is 20.3. The number of nitrogens with zero attached hydrogens (tertiary/aromatic N) is 3. The van der Waals surface area contributed by atoms with Crippen molar-refractivity contribution in [2.75, 3.05) is 11.9 Å². The Kier molecular flexibility index (Phi) is 7.34. The Labute approximate surface area is 226 Å². The first kappa shape index (κ1) is 26.1. The van der Waals surface area contributed by atoms with Crippen molar-refractivity contribution < 1.29 is 13.2 Å². The summed E-state index contributed by atoms with van der Waals surface area (Å²) in [6, 6.07) is 17.0. The summed E-state index contributed by atoms with van der Waals surface area (Å²) in [5.41, 5.74) is 8.05. The lowest BCUT2D eigenvalue weighted by molar-refractivity contribution is -0.137. The van der Waals surface area contributed by atoms with Gasteiger partial charge in [0.2, 0.25) is 0 Å². The van der Waals surface area contributed by atoms with Crippen LogP contribution in [0.25, 0.3) is 32.7 Å². The fourth-order valence-electron chi connectivity index (χ4n) is 4.36. The van der Waals surface area contributed by atoms with Crippen molar-refractivity contribution in [3.8, 4) is 22.5 Å². The topological polar surface area (TPSA) is 76.7 Å². The molecule has 0 aliphatic heterocycles. The number of benzene rings is 2. The molecule has 0 amide bonds. The molecular formula is C28H23ClF3N5S. The molecule has 0 fully saturated rings. The van der Waals surface area contributed by atoms with Crippen LogP contribution in [-0.2, 0) is 12.6 Å². The molecule has 0 saturated carbocycles. The average molecular weight is 554 g/mol. The number of alkyl halides is 3. The molecule has 0 aliphatic carbocycles. The molecule has 0 unspecified atom stereocenters. The minimum Gasteiger partial charge on any atom is -0.367 e. The maximum Gasteiger partial charge on any atom is 0.417 e. The summed E-state index contributed by atoms with van der Waals surface area (Å²) in [7, 11) is 0. The van der Waals surface area contributed by atoms with Gasteiger partial charge in [0, 0.05) is 51.6 Å². The summed E-state index contributed by atoms with van der Waals surface area (Å²) in [5, 5.41) is 3.34. The molecule has 0 spiro atoms. The highest BCUT2D eigenvalue weighted by Crippen LogP contribution is 2.47. The van der Waals surface area contributed by atoms with E-state index in [1.807, 2.05) is 30.3 Å². The van der Waals surface area contributed by atoms with E-state index in [2.05, 4.69) is 10.3 Å². The third-order valence-electron chi connectivity index (χ3n) is 6.09. The Morgan fingerprint density at radius 3 is 2.42 bits per heavy atom. The normalized spacial score (nSPS) is 12.6. The SMILES string of the molecule is Cc1sc2c(NC[C@@H](N)Cc3ccccc3)nc(-c3ccncc3)nc2c1-c1c(Cl)cccc1C(F)(F)F. The van der Waals surface area contributed by atoms with Gasteiger partial charge >= 0.3 is 6.18 Å². The number of aryl methyl sites for hydroxylation is 1. The van der Waals surface area contributed by atoms with Crippen LogP contribution in [0.3, 0.4) is 0 Å². The molecule has 3 heterocycles. The van der Waals surface area contributed by atoms with Crippen molar-refractivity contribution in [3.05, 3.63) is 94.1 Å². The zero-order chi connectivity index (χ0) is 26.9. The molecule has 0 bridgehead atoms. The Balaban J connectivity index is 1.63. The number of aromatic nitrogens is 3. The average Bonchev–Trinajstić information content (AvgIpc) is 3.23. The van der Waals surface area contributed by atoms with Crippen LogP contribution in [-0.4, -0.2) is 27.5 Å². The largest absolute Gasteiger partial charge is 0.417 e. The van der Waals surface area contributed by atoms with Gasteiger partial charge in [-0.2, -0.15) is 13.2 Å². The number of fused-ring (bicyclic) bond motifs is 1. The zero-order valence-corrected chi connectivity index (χ0v) is 21.8. The van der Waals surface area contributed by atoms with Gasteiger partial charge < -0.3 is 11.1 Å². The highest BCUT2D eigenvalue weighted by molar-refractivity contribution is 7.20. The van der Waals surface area contributed by atoms with E-state index in [-0.39, 0.29) is 16.6 Å². The molecule has 5 nitrogen and oxygen atoms in total. The van der Waals surface area contributed by atoms with Gasteiger partial charge in [0.05, 0.1) is 15.8 Å². The van der Waals surface area contributed by atoms with E-state index in [0.717, 1.165) is 11.6 Å². The van der Waals surface area contributed by atoms with Crippen LogP contribution in [0.2, 0.25) is 5.02 Å². The van der Waals surface area contributed by atoms with Crippen LogP contribution in [0.5, 0.6) is 0 Å². The Bertz CT molecular complexity index is 1570. The first-order valence-corrected chi connectivity index (χ1v) is 13.0. The van der Waals surface area contributed by atoms with Gasteiger partial charge in [0.25, 0.3) is 0 Å². The Morgan fingerprint density at radius 1 is 0.974 bits per heavy atom. The number of anilines is 1. The number of thiophene rings is 1. The summed E-state index contributed by atoms with van der Waals surface area (Å²) < 4.78 is 42.8. The predicted molar refractivity (Wildman–Crippen MR) is 147 cm³/mol. The molecule has 5 aromatic rings. The Morgan fingerprint density at radius 2 is 1.71 bits per heavy atom. The van der Waals surface area contributed by atoms with Gasteiger partial charge in [-0.05, 0) is 43.2 Å². The maximum atomic E-state index is 14.0. The molecule has 0 aliphatic rings. The standard InChI is InChI=1S/C28H23ClF3N5S/c1-16-22(23-20(28(30,31)32)8-5-9-21(23)29)24-25(38-16)27(37-26(36-24)18-10-12-34-13-11-18)35-15-19(33)14-17-6-3-2-4-7-17/h2-13,19H,14-15,33H2,1H3,(H,35,36,37)/t19-/m0/s1. The van der Waals surface area contributed by atoms with Gasteiger partial charge in [-0.25, -0.2) is 9.97 Å². The Hall–Kier alpha value is -3.53. The van der Waals surface area contributed by atoms with Crippen LogP contribution >= 0.6 is 22.9 Å². The molecule has 3 aromatic heterocycles. The van der Waals surface area contributed by atoms with Crippen LogP contribution in [0.4, 0.5) is 19.0 Å². The molecular weight excluding hydrogens is 531 g/mol. The number of halogens is 4. The number of rotatable bonds is 7. The fraction of sp³-hybridized carbons (Fsp3) is 0.179. The van der Waals surface area contributed by atoms with E-state index in [1.165, 1.54) is 23.5 Å². The van der Waals surface area contributed by atoms with E-state index in [1.54, 1.807) is 31.5 Å². The van der Waals surface area contributed by atoms with E-state index in [9.17, 15) is 13.2 Å². The first-order chi connectivity index (χ1) is 18.2. The summed E-state index contributed by atoms with van der Waals surface area (Å²) in [6.07, 6.45) is -0.710. The lowest BCUT2D eigenvalue weighted by atomic mass is 9.98. The third-order valence-corrected chi connectivity index (χ3v) is 7.51. The fourth-order valence-corrected chi connectivity index (χ4v) is 5.70. The summed E-state index contributed by atoms with van der Waals surface area (Å²) in [5.74, 6) is 0.865. The second-order valence-corrected chi connectivity index (χ2v) is 10.5. The number of nitrogens with two attached hydrogens (primary N) is 1. The molecule has 2 aromatic carbocycles. The van der Waals surface area contributed by atoms with Crippen LogP contribution in [0.1, 0.15) is 16.0 Å². The van der Waals surface area contributed by atoms with Gasteiger partial charge in [0.15, 0.2) is 5.82 Å². The minimum absolute atomic E-state index is 0.00564. The molecule has 0 saturated heterocycles. The number of hydrogen-bond acceptors (Lipinski definition) is 6. The monoisotopic (exact) mass is 553 g/mol. The molecule has 3 N–H and O–H groups in total. The first-order valence-electron chi connectivity index (χ1n) is 11.8. The molecule has 5 rings (SSSR count). The molecule has 0 radical (unpaired) electrons. The second kappa shape index (κ2) is 10.7. The lowest BCUT2D eigenvalue weighted by Gasteiger charge is -2.16. The summed E-state index contributed by atoms with van der Waals surface area (Å²) >= 11 is 7.72. The van der Waals surface area contributed by atoms with E-state index in [0.29, 0.717) is 50.8 Å². The number of pyridine rings is 1. The summed E-state index contributed by atoms with van der Waals surface area (Å²) in [4.78, 5) is 14.2. The van der Waals surface area contributed by atoms with Crippen LogP contribution in [0, 0.1) is 6.92 Å². The summed E-state index contributed by atoms with van der Waals surface area (Å²) in [6.45, 7) is 2.17. The lowest BCUT2D eigenvalue weighted by Crippen LogP contribution is -2.31. The van der Waals surface area contributed by atoms with Crippen molar-refractivity contribution in [2.45, 2.75) is 25.6 Å². The van der Waals surface area contributed by atoms with Gasteiger partial charge in [-0.15, -0.1) is 11.3 Å². The molecule has 1 atom stereocenters. The highest BCUT2D eigenvalue weighted by Gasteiger charge is 2.36. The molecule has 10 heteroatoms. The van der Waals surface area contributed by atoms with Crippen molar-refractivity contribution in [2.24, 2.45) is 5.73 Å². The predicted octanol–water partition coefficient (Wildman–Crippen LogP) is 7.38. The maximum absolute atomic E-state index is 14.0. The van der Waals surface area contributed by atoms with Crippen LogP contribution < -0.4 is 11.1 Å². The van der Waals surface area contributed by atoms with Crippen molar-refractivity contribution in [1.82, 2.24) is 15.0 Å². The van der Waals surface area contributed by atoms with E-state index < -0.39 is 11.7 Å². The smallest absolute Gasteiger partial charge is 0.367 e. The van der Waals surface area contributed by atoms with Crippen molar-refractivity contribution in [1.29, 1.82) is 0 Å². The quantitative estimate of drug-likeness (QED) is 0.220. The molecule has 38 heavy (non-hydrogen) atoms. The number of nitrogens with one attached hydrogen (secondary N) is 1. The minimum atomic E-state index is -4.59. The van der Waals surface area contributed by atoms with Crippen molar-refractivity contribution >= 4 is 39.0 Å².